The average Bonchev–Trinajstić information content (AvgIpc) is 3.70. The number of ketones is 1. The Morgan fingerprint density at radius 2 is 1.80 bits per heavy atom. The lowest BCUT2D eigenvalue weighted by atomic mass is 9.67. The van der Waals surface area contributed by atoms with E-state index in [4.69, 9.17) is 9.47 Å². The number of allylic oxidation sites excluding steroid dienone is 1. The number of benzene rings is 1. The van der Waals surface area contributed by atoms with Crippen LogP contribution < -0.4 is 20.7 Å². The average molecular weight is 576 g/mol. The van der Waals surface area contributed by atoms with Crippen LogP contribution in [0.3, 0.4) is 0 Å². The van der Waals surface area contributed by atoms with Gasteiger partial charge in [0.2, 0.25) is 11.8 Å². The zero-order chi connectivity index (χ0) is 29.5. The molecule has 11 heteroatoms. The maximum Gasteiger partial charge on any atom is 0.272 e. The second kappa shape index (κ2) is 11.3. The Bertz CT molecular complexity index is 1210. The van der Waals surface area contributed by atoms with E-state index in [1.54, 1.807) is 45.2 Å². The standard InChI is InChI=1S/C30H39F2N3O6/c1-16(33-28(39)18-6-8-20(36)9-7-18)27(38)35-22(12-17-4-10-21(40-3)11-5-17)25-24-19(14-30(24,31)32)13-23(34-25)26(37)29(2)15-41-29/h4-5,10-11,16,18-20,22-23,34,36H,6-9,12-15H2,1-3H3,(H,33,39)(H,35,38)/t16-,18?,19?,20?,22+,23+,29-/m1/s1. The SMILES string of the molecule is COc1ccc(C[C@H](NC(=O)[C@@H](C)NC(=O)C2CCC(O)CC2)C2=C3C(C[C@@H](C(=O)[C@@]4(C)CO4)N2)CC3(F)F)cc1. The summed E-state index contributed by atoms with van der Waals surface area (Å²) in [6, 6.07) is 4.57. The molecule has 41 heavy (non-hydrogen) atoms. The topological polar surface area (TPSA) is 129 Å². The first-order valence-electron chi connectivity index (χ1n) is 14.4. The molecule has 5 rings (SSSR count). The molecule has 4 N–H and O–H groups in total. The number of rotatable bonds is 10. The fraction of sp³-hybridized carbons (Fsp3) is 0.633. The molecular weight excluding hydrogens is 536 g/mol. The van der Waals surface area contributed by atoms with E-state index in [2.05, 4.69) is 16.0 Å². The highest BCUT2D eigenvalue weighted by atomic mass is 19.3. The smallest absolute Gasteiger partial charge is 0.272 e. The van der Waals surface area contributed by atoms with E-state index in [1.165, 1.54) is 0 Å². The third-order valence-electron chi connectivity index (χ3n) is 8.94. The van der Waals surface area contributed by atoms with Crippen molar-refractivity contribution in [3.8, 4) is 5.75 Å². The van der Waals surface area contributed by atoms with E-state index >= 15 is 0 Å². The number of ether oxygens (including phenoxy) is 2. The maximum atomic E-state index is 15.0. The molecule has 2 heterocycles. The Morgan fingerprint density at radius 1 is 1.15 bits per heavy atom. The van der Waals surface area contributed by atoms with Crippen molar-refractivity contribution in [1.29, 1.82) is 0 Å². The maximum absolute atomic E-state index is 15.0. The van der Waals surface area contributed by atoms with Gasteiger partial charge in [-0.05, 0) is 76.0 Å². The summed E-state index contributed by atoms with van der Waals surface area (Å²) in [6.45, 7) is 3.54. The first kappa shape index (κ1) is 29.4. The number of epoxide rings is 1. The van der Waals surface area contributed by atoms with Crippen LogP contribution in [0.2, 0.25) is 0 Å². The van der Waals surface area contributed by atoms with Crippen molar-refractivity contribution in [3.63, 3.8) is 0 Å². The van der Waals surface area contributed by atoms with Crippen molar-refractivity contribution in [1.82, 2.24) is 16.0 Å². The van der Waals surface area contributed by atoms with E-state index in [-0.39, 0.29) is 48.1 Å². The lowest BCUT2D eigenvalue weighted by Crippen LogP contribution is -2.59. The molecule has 3 fully saturated rings. The lowest BCUT2D eigenvalue weighted by molar-refractivity contribution is -0.132. The van der Waals surface area contributed by atoms with Crippen molar-refractivity contribution in [2.75, 3.05) is 13.7 Å². The molecule has 2 amide bonds. The van der Waals surface area contributed by atoms with Crippen LogP contribution in [0.5, 0.6) is 5.75 Å². The molecule has 1 aromatic rings. The first-order chi connectivity index (χ1) is 19.4. The summed E-state index contributed by atoms with van der Waals surface area (Å²) in [5.41, 5.74) is -0.0628. The number of nitrogens with one attached hydrogen (secondary N) is 3. The van der Waals surface area contributed by atoms with Crippen LogP contribution in [0.25, 0.3) is 0 Å². The minimum absolute atomic E-state index is 0.0697. The summed E-state index contributed by atoms with van der Waals surface area (Å²) in [5, 5.41) is 18.5. The number of carbonyl (C=O) groups excluding carboxylic acids is 3. The van der Waals surface area contributed by atoms with Gasteiger partial charge in [-0.3, -0.25) is 14.4 Å². The van der Waals surface area contributed by atoms with E-state index < -0.39 is 47.6 Å². The number of hydrogen-bond acceptors (Lipinski definition) is 7. The molecule has 0 radical (unpaired) electrons. The number of aliphatic hydroxyl groups excluding tert-OH is 1. The summed E-state index contributed by atoms with van der Waals surface area (Å²) in [4.78, 5) is 39.4. The Hall–Kier alpha value is -3.05. The molecule has 5 atom stereocenters. The first-order valence-corrected chi connectivity index (χ1v) is 14.4. The second-order valence-corrected chi connectivity index (χ2v) is 12.1. The highest BCUT2D eigenvalue weighted by molar-refractivity contribution is 5.94. The Morgan fingerprint density at radius 3 is 2.39 bits per heavy atom. The molecule has 0 spiro atoms. The van der Waals surface area contributed by atoms with Crippen LogP contribution in [0.4, 0.5) is 8.78 Å². The van der Waals surface area contributed by atoms with Gasteiger partial charge in [0.05, 0.1) is 31.9 Å². The normalized spacial score (nSPS) is 31.5. The van der Waals surface area contributed by atoms with Crippen LogP contribution >= 0.6 is 0 Å². The van der Waals surface area contributed by atoms with Crippen molar-refractivity contribution < 1.29 is 37.7 Å². The van der Waals surface area contributed by atoms with Gasteiger partial charge in [0.25, 0.3) is 5.92 Å². The zero-order valence-electron chi connectivity index (χ0n) is 23.7. The molecule has 0 aromatic heterocycles. The number of hydrogen-bond donors (Lipinski definition) is 4. The Labute approximate surface area is 238 Å². The minimum atomic E-state index is -3.05. The van der Waals surface area contributed by atoms with Crippen molar-refractivity contribution in [3.05, 3.63) is 41.1 Å². The summed E-state index contributed by atoms with van der Waals surface area (Å²) in [7, 11) is 1.54. The fourth-order valence-corrected chi connectivity index (χ4v) is 6.25. The predicted octanol–water partition coefficient (Wildman–Crippen LogP) is 2.41. The van der Waals surface area contributed by atoms with Crippen LogP contribution in [0, 0.1) is 11.8 Å². The molecule has 2 saturated carbocycles. The van der Waals surface area contributed by atoms with Crippen molar-refractivity contribution in [2.24, 2.45) is 11.8 Å². The van der Waals surface area contributed by atoms with Gasteiger partial charge >= 0.3 is 0 Å². The monoisotopic (exact) mass is 575 g/mol. The number of amides is 2. The van der Waals surface area contributed by atoms with Crippen LogP contribution in [0.15, 0.2) is 35.5 Å². The molecule has 4 aliphatic rings. The van der Waals surface area contributed by atoms with Crippen LogP contribution in [0.1, 0.15) is 57.9 Å². The van der Waals surface area contributed by atoms with Gasteiger partial charge in [0.1, 0.15) is 17.4 Å². The lowest BCUT2D eigenvalue weighted by Gasteiger charge is -2.48. The summed E-state index contributed by atoms with van der Waals surface area (Å²) in [6.07, 6.45) is 1.81. The molecule has 224 valence electrons. The Kier molecular flexibility index (Phi) is 8.13. The van der Waals surface area contributed by atoms with Crippen LogP contribution in [-0.4, -0.2) is 72.2 Å². The molecule has 2 aliphatic carbocycles. The van der Waals surface area contributed by atoms with Gasteiger partial charge < -0.3 is 30.5 Å². The molecule has 1 saturated heterocycles. The molecule has 1 aromatic carbocycles. The predicted molar refractivity (Wildman–Crippen MR) is 145 cm³/mol. The number of methoxy groups -OCH3 is 1. The molecule has 2 aliphatic heterocycles. The van der Waals surface area contributed by atoms with Gasteiger partial charge in [-0.1, -0.05) is 12.1 Å². The van der Waals surface area contributed by atoms with E-state index in [0.717, 1.165) is 5.56 Å². The number of fused-ring (bicyclic) bond motifs is 1. The van der Waals surface area contributed by atoms with E-state index in [9.17, 15) is 28.3 Å². The van der Waals surface area contributed by atoms with E-state index in [0.29, 0.717) is 38.0 Å². The molecule has 1 unspecified atom stereocenters. The summed E-state index contributed by atoms with van der Waals surface area (Å²) in [5.74, 6) is -4.15. The summed E-state index contributed by atoms with van der Waals surface area (Å²) >= 11 is 0. The molecule has 9 nitrogen and oxygen atoms in total. The largest absolute Gasteiger partial charge is 0.497 e. The van der Waals surface area contributed by atoms with Crippen molar-refractivity contribution >= 4 is 17.6 Å². The highest BCUT2D eigenvalue weighted by Gasteiger charge is 2.59. The third kappa shape index (κ3) is 6.25. The third-order valence-corrected chi connectivity index (χ3v) is 8.94. The fourth-order valence-electron chi connectivity index (χ4n) is 6.25. The number of halogens is 2. The second-order valence-electron chi connectivity index (χ2n) is 12.1. The van der Waals surface area contributed by atoms with E-state index in [1.807, 2.05) is 0 Å². The zero-order valence-corrected chi connectivity index (χ0v) is 23.7. The summed E-state index contributed by atoms with van der Waals surface area (Å²) < 4.78 is 40.5. The number of Topliss-reactive ketones (excluding diaryl/α,β-unsaturated/α-hetero) is 1. The molecular formula is C30H39F2N3O6. The molecule has 0 bridgehead atoms. The van der Waals surface area contributed by atoms with Gasteiger partial charge in [-0.25, -0.2) is 8.78 Å². The van der Waals surface area contributed by atoms with Gasteiger partial charge in [-0.15, -0.1) is 0 Å². The van der Waals surface area contributed by atoms with Crippen molar-refractivity contribution in [2.45, 2.75) is 94.5 Å². The van der Waals surface area contributed by atoms with Gasteiger partial charge in [0.15, 0.2) is 5.78 Å². The minimum Gasteiger partial charge on any atom is -0.497 e. The van der Waals surface area contributed by atoms with Gasteiger partial charge in [-0.2, -0.15) is 0 Å². The number of aliphatic hydroxyl groups is 1. The number of alkyl halides is 2. The highest BCUT2D eigenvalue weighted by Crippen LogP contribution is 2.53. The van der Waals surface area contributed by atoms with Crippen LogP contribution in [-0.2, 0) is 25.5 Å². The Balaban J connectivity index is 1.38. The quantitative estimate of drug-likeness (QED) is 0.316. The van der Waals surface area contributed by atoms with Gasteiger partial charge in [0, 0.05) is 23.6 Å². The number of carbonyl (C=O) groups is 3.